The Labute approximate surface area is 789 Å². The fourth-order valence-electron chi connectivity index (χ4n) is 18.7. The molecular weight excluding hydrogens is 1790 g/mol. The van der Waals surface area contributed by atoms with Gasteiger partial charge >= 0.3 is 0 Å². The van der Waals surface area contributed by atoms with Gasteiger partial charge in [-0.25, -0.2) is 28.7 Å². The summed E-state index contributed by atoms with van der Waals surface area (Å²) in [6, 6.07) is 47.0. The first-order chi connectivity index (χ1) is 66.1. The van der Waals surface area contributed by atoms with E-state index in [0.29, 0.717) is 119 Å². The standard InChI is InChI=1S/C49H45ClFN9O6.C34H33ClFN5O4.C17H18N4O4/c50-38-26-33(66-32-4-2-1-3-5-32)8-10-35(38)44(62)37-27-52-45-43(37)46(54-28-53-45)55-30-6-11-40(39(51)24-30)59-18-15-29(16-19-59)14-17-57-20-22-58(23-21-57)31-7-9-34-36(25-31)49(65)60(48(34)64)41-12-13-42(61)56-47(41)63;1-43-30(44-2)16-21-12-14-41(15-13-21)29-11-8-22(17-28(29)36)40-34-31-26(19-37-33(31)38-20-39-34)32(42)25-10-9-24(18-27(25)35)45-23-6-4-3-5-7-23;22-14-4-3-13(15(23)19-14)21-16(24)11-2-1-10(9-12(11)17(21)25)20-7-5-18-6-8-20/h1-11,24-29,41H,12-23H2,(H,56,61,63)(H2,52,53,54,55);3-11,17-21,30H,12-16H2,1-2H3,(H2,37,38,39,40);1-2,9,13,18H,3-8H2,(H,19,22,23). The van der Waals surface area contributed by atoms with E-state index in [1.165, 1.54) is 24.8 Å². The van der Waals surface area contributed by atoms with Gasteiger partial charge in [-0.05, 0) is 185 Å². The molecule has 4 aromatic heterocycles. The van der Waals surface area contributed by atoms with Crippen molar-refractivity contribution >= 4 is 150 Å². The number of amides is 8. The maximum absolute atomic E-state index is 15.8. The minimum absolute atomic E-state index is 0.0773. The van der Waals surface area contributed by atoms with Crippen molar-refractivity contribution in [1.82, 2.24) is 60.6 Å². The van der Waals surface area contributed by atoms with Crippen LogP contribution in [-0.2, 0) is 28.7 Å². The van der Waals surface area contributed by atoms with E-state index in [1.54, 1.807) is 105 Å². The monoisotopic (exact) mass is 1880 g/mol. The Hall–Kier alpha value is -14.4. The second-order valence-corrected chi connectivity index (χ2v) is 35.2. The van der Waals surface area contributed by atoms with E-state index < -0.39 is 53.4 Å². The molecule has 2 atom stereocenters. The number of carbonyl (C=O) groups excluding carboxylic acids is 10. The molecule has 12 heterocycles. The Morgan fingerprint density at radius 2 is 0.882 bits per heavy atom. The number of aromatic amines is 2. The van der Waals surface area contributed by atoms with Crippen molar-refractivity contribution in [3.05, 3.63) is 261 Å². The molecule has 36 heteroatoms. The summed E-state index contributed by atoms with van der Waals surface area (Å²) in [4.78, 5) is 163. The van der Waals surface area contributed by atoms with Crippen molar-refractivity contribution in [3.63, 3.8) is 0 Å². The molecule has 0 aliphatic carbocycles. The number of ether oxygens (including phenoxy) is 4. The van der Waals surface area contributed by atoms with Crippen molar-refractivity contribution in [2.75, 3.05) is 130 Å². The highest BCUT2D eigenvalue weighted by atomic mass is 35.5. The second kappa shape index (κ2) is 40.8. The van der Waals surface area contributed by atoms with Gasteiger partial charge in [0.05, 0.1) is 65.6 Å². The van der Waals surface area contributed by atoms with Gasteiger partial charge < -0.3 is 64.5 Å². The molecule has 32 nitrogen and oxygen atoms in total. The van der Waals surface area contributed by atoms with Gasteiger partial charge in [0.1, 0.15) is 82.3 Å². The lowest BCUT2D eigenvalue weighted by atomic mass is 9.93. The van der Waals surface area contributed by atoms with E-state index in [9.17, 15) is 47.9 Å². The van der Waals surface area contributed by atoms with Crippen LogP contribution in [0, 0.1) is 23.5 Å². The van der Waals surface area contributed by atoms with Crippen LogP contribution in [0.3, 0.4) is 0 Å². The molecule has 2 unspecified atom stereocenters. The average Bonchev–Trinajstić information content (AvgIpc) is 1.60. The first-order valence-electron chi connectivity index (χ1n) is 45.2. The Balaban J connectivity index is 0.000000151. The van der Waals surface area contributed by atoms with Crippen LogP contribution in [0.2, 0.25) is 10.0 Å². The topological polar surface area (TPSA) is 374 Å². The van der Waals surface area contributed by atoms with Crippen molar-refractivity contribution in [2.45, 2.75) is 82.6 Å². The highest BCUT2D eigenvalue weighted by Crippen LogP contribution is 2.41. The zero-order valence-corrected chi connectivity index (χ0v) is 75.8. The van der Waals surface area contributed by atoms with Crippen LogP contribution in [0.25, 0.3) is 22.1 Å². The van der Waals surface area contributed by atoms with E-state index >= 15 is 8.78 Å². The number of hydrogen-bond acceptors (Lipinski definition) is 26. The van der Waals surface area contributed by atoms with Crippen molar-refractivity contribution in [1.29, 1.82) is 0 Å². The summed E-state index contributed by atoms with van der Waals surface area (Å²) in [6.45, 7) is 10.6. The number of para-hydroxylation sites is 2. The van der Waals surface area contributed by atoms with Gasteiger partial charge in [0.15, 0.2) is 17.9 Å². The lowest BCUT2D eigenvalue weighted by Gasteiger charge is -2.38. The number of carbonyl (C=O) groups is 10. The maximum atomic E-state index is 15.8. The van der Waals surface area contributed by atoms with Gasteiger partial charge in [-0.2, -0.15) is 0 Å². The van der Waals surface area contributed by atoms with Crippen molar-refractivity contribution in [3.8, 4) is 23.0 Å². The lowest BCUT2D eigenvalue weighted by Crippen LogP contribution is -2.54. The molecule has 6 fully saturated rings. The van der Waals surface area contributed by atoms with E-state index in [4.69, 9.17) is 42.1 Å². The fourth-order valence-corrected chi connectivity index (χ4v) is 19.2. The lowest BCUT2D eigenvalue weighted by molar-refractivity contribution is -0.137. The van der Waals surface area contributed by atoms with E-state index in [-0.39, 0.29) is 87.8 Å². The third-order valence-electron chi connectivity index (χ3n) is 26.1. The van der Waals surface area contributed by atoms with Gasteiger partial charge in [-0.1, -0.05) is 59.6 Å². The summed E-state index contributed by atoms with van der Waals surface area (Å²) >= 11 is 13.2. The number of methoxy groups -OCH3 is 2. The summed E-state index contributed by atoms with van der Waals surface area (Å²) in [7, 11) is 3.29. The quantitative estimate of drug-likeness (QED) is 0.0159. The first-order valence-corrected chi connectivity index (χ1v) is 45.9. The van der Waals surface area contributed by atoms with Crippen LogP contribution in [-0.4, -0.2) is 221 Å². The molecule has 12 aromatic rings. The zero-order valence-electron chi connectivity index (χ0n) is 74.3. The molecule has 0 radical (unpaired) electrons. The molecule has 7 N–H and O–H groups in total. The fraction of sp³-hybridized carbons (Fsp3) is 0.300. The van der Waals surface area contributed by atoms with Gasteiger partial charge in [0, 0.05) is 170 Å². The third-order valence-corrected chi connectivity index (χ3v) is 26.7. The summed E-state index contributed by atoms with van der Waals surface area (Å²) in [5.41, 5.74) is 7.12. The van der Waals surface area contributed by atoms with Crippen LogP contribution < -0.4 is 55.7 Å². The Morgan fingerprint density at radius 1 is 0.449 bits per heavy atom. The minimum Gasteiger partial charge on any atom is -0.457 e. The SMILES string of the molecule is COC(CC1CCN(c2ccc(Nc3ncnc4[nH]cc(C(=O)c5ccc(Oc6ccccc6)cc5Cl)c34)cc2F)CC1)OC.O=C1CCC(N2C(=O)c3ccc(N4CCN(CCC5CCN(c6ccc(Nc7ncnc8[nH]cc(C(=O)c9ccc(Oc%10ccccc%10)cc9Cl)c78)cc6F)CC5)CC4)cc3C2=O)C(=O)N1.O=C1CCC(N2C(=O)c3ccc(N4CCNCC4)cc3C2=O)C(=O)N1. The number of hydrogen-bond donors (Lipinski definition) is 7. The minimum atomic E-state index is -0.991. The number of fused-ring (bicyclic) bond motifs is 4. The normalized spacial score (nSPS) is 17.8. The zero-order chi connectivity index (χ0) is 94.4. The number of benzene rings is 8. The summed E-state index contributed by atoms with van der Waals surface area (Å²) in [5.74, 6) is -1.30. The Kier molecular flexibility index (Phi) is 27.6. The smallest absolute Gasteiger partial charge is 0.262 e. The molecule has 8 amide bonds. The highest BCUT2D eigenvalue weighted by Gasteiger charge is 2.47. The molecule has 8 aliphatic heterocycles. The summed E-state index contributed by atoms with van der Waals surface area (Å²) in [6.07, 6.45) is 11.8. The number of piperidine rings is 4. The Bertz CT molecular complexity index is 6620. The summed E-state index contributed by atoms with van der Waals surface area (Å²) in [5, 5.41) is 15.5. The van der Waals surface area contributed by atoms with Crippen LogP contribution in [0.1, 0.15) is 137 Å². The van der Waals surface area contributed by atoms with Gasteiger partial charge in [-0.3, -0.25) is 73.3 Å². The number of H-pyrrole nitrogens is 2. The molecule has 20 rings (SSSR count). The number of anilines is 8. The van der Waals surface area contributed by atoms with Gasteiger partial charge in [0.25, 0.3) is 23.6 Å². The summed E-state index contributed by atoms with van der Waals surface area (Å²) < 4.78 is 53.7. The van der Waals surface area contributed by atoms with Crippen LogP contribution in [0.15, 0.2) is 195 Å². The van der Waals surface area contributed by atoms with E-state index in [0.717, 1.165) is 145 Å². The van der Waals surface area contributed by atoms with Gasteiger partial charge in [-0.15, -0.1) is 0 Å². The molecule has 698 valence electrons. The number of aromatic nitrogens is 6. The molecule has 8 aliphatic rings. The first kappa shape index (κ1) is 92.0. The van der Waals surface area contributed by atoms with Crippen LogP contribution in [0.5, 0.6) is 23.0 Å². The Morgan fingerprint density at radius 3 is 1.31 bits per heavy atom. The number of halogens is 4. The number of nitrogens with zero attached hydrogens (tertiary/aromatic N) is 11. The molecule has 8 aromatic carbocycles. The number of piperazine rings is 2. The van der Waals surface area contributed by atoms with E-state index in [1.807, 2.05) is 78.9 Å². The van der Waals surface area contributed by atoms with E-state index in [2.05, 4.69) is 81.0 Å². The molecular formula is C100H96Cl2F2N18O14. The molecule has 0 spiro atoms. The molecule has 0 bridgehead atoms. The van der Waals surface area contributed by atoms with Crippen molar-refractivity contribution in [2.24, 2.45) is 11.8 Å². The predicted molar refractivity (Wildman–Crippen MR) is 507 cm³/mol. The number of nitrogens with one attached hydrogen (secondary N) is 7. The van der Waals surface area contributed by atoms with Crippen LogP contribution >= 0.6 is 23.2 Å². The third kappa shape index (κ3) is 19.9. The van der Waals surface area contributed by atoms with Crippen LogP contribution in [0.4, 0.5) is 54.5 Å². The molecule has 0 saturated carbocycles. The number of imide groups is 4. The second-order valence-electron chi connectivity index (χ2n) is 34.4. The van der Waals surface area contributed by atoms with Crippen molar-refractivity contribution < 1.29 is 75.7 Å². The molecule has 6 saturated heterocycles. The molecule has 136 heavy (non-hydrogen) atoms. The number of rotatable bonds is 25. The van der Waals surface area contributed by atoms with Gasteiger partial charge in [0.2, 0.25) is 23.6 Å². The maximum Gasteiger partial charge on any atom is 0.262 e. The number of ketones is 2. The highest BCUT2D eigenvalue weighted by molar-refractivity contribution is 6.37. The predicted octanol–water partition coefficient (Wildman–Crippen LogP) is 14.6. The average molecular weight is 1880 g/mol. The largest absolute Gasteiger partial charge is 0.457 e.